The molecule has 0 amide bonds. The van der Waals surface area contributed by atoms with Gasteiger partial charge in [-0.05, 0) is 38.0 Å². The topological polar surface area (TPSA) is 45.6 Å². The van der Waals surface area contributed by atoms with Gasteiger partial charge in [0.15, 0.2) is 5.96 Å². The van der Waals surface area contributed by atoms with Crippen LogP contribution in [0.5, 0.6) is 0 Å². The van der Waals surface area contributed by atoms with Gasteiger partial charge >= 0.3 is 0 Å². The lowest BCUT2D eigenvalue weighted by atomic mass is 10.0. The Kier molecular flexibility index (Phi) is 10.7. The largest absolute Gasteiger partial charge is 0.378 e. The quantitative estimate of drug-likeness (QED) is 0.385. The number of hydrogen-bond donors (Lipinski definition) is 2. The van der Waals surface area contributed by atoms with Crippen LogP contribution in [0.3, 0.4) is 0 Å². The first-order valence-electron chi connectivity index (χ1n) is 7.23. The Balaban J connectivity index is 0.00000324. The normalized spacial score (nSPS) is 17.0. The van der Waals surface area contributed by atoms with Crippen molar-refractivity contribution in [1.29, 1.82) is 0 Å². The highest BCUT2D eigenvalue weighted by Gasteiger charge is 2.21. The van der Waals surface area contributed by atoms with Gasteiger partial charge in [0.25, 0.3) is 0 Å². The van der Waals surface area contributed by atoms with Gasteiger partial charge in [0.05, 0.1) is 6.10 Å². The van der Waals surface area contributed by atoms with Crippen LogP contribution in [0.4, 0.5) is 0 Å². The van der Waals surface area contributed by atoms with Crippen LogP contribution in [0.25, 0.3) is 0 Å². The molecule has 0 aromatic heterocycles. The first-order chi connectivity index (χ1) is 8.67. The minimum absolute atomic E-state index is 0. The molecule has 4 nitrogen and oxygen atoms in total. The molecule has 0 aromatic rings. The second-order valence-electron chi connectivity index (χ2n) is 5.35. The lowest BCUT2D eigenvalue weighted by molar-refractivity contribution is 0.0258. The molecule has 1 aliphatic rings. The highest BCUT2D eigenvalue weighted by molar-refractivity contribution is 14.0. The first kappa shape index (κ1) is 19.0. The zero-order chi connectivity index (χ0) is 13.4. The van der Waals surface area contributed by atoms with Crippen molar-refractivity contribution >= 4 is 29.9 Å². The van der Waals surface area contributed by atoms with Crippen LogP contribution in [0.15, 0.2) is 4.99 Å². The van der Waals surface area contributed by atoms with Gasteiger partial charge in [-0.2, -0.15) is 0 Å². The maximum Gasteiger partial charge on any atom is 0.190 e. The van der Waals surface area contributed by atoms with Crippen molar-refractivity contribution in [3.8, 4) is 0 Å². The maximum atomic E-state index is 5.73. The Morgan fingerprint density at radius 1 is 1.32 bits per heavy atom. The molecule has 5 heteroatoms. The number of nitrogens with zero attached hydrogens (tertiary/aromatic N) is 1. The summed E-state index contributed by atoms with van der Waals surface area (Å²) in [5, 5.41) is 6.72. The Labute approximate surface area is 135 Å². The van der Waals surface area contributed by atoms with Gasteiger partial charge in [-0.1, -0.05) is 13.8 Å². The molecule has 19 heavy (non-hydrogen) atoms. The highest BCUT2D eigenvalue weighted by Crippen LogP contribution is 2.27. The summed E-state index contributed by atoms with van der Waals surface area (Å²) in [4.78, 5) is 4.23. The number of aliphatic imine (C=N–C) groups is 1. The summed E-state index contributed by atoms with van der Waals surface area (Å²) in [5.41, 5.74) is 0. The summed E-state index contributed by atoms with van der Waals surface area (Å²) < 4.78 is 5.73. The molecule has 1 rings (SSSR count). The molecular formula is C14H30IN3O. The maximum absolute atomic E-state index is 5.73. The zero-order valence-corrected chi connectivity index (χ0v) is 15.1. The average Bonchev–Trinajstić information content (AvgIpc) is 3.15. The predicted octanol–water partition coefficient (Wildman–Crippen LogP) is 2.63. The van der Waals surface area contributed by atoms with Crippen LogP contribution < -0.4 is 10.6 Å². The second kappa shape index (κ2) is 10.7. The summed E-state index contributed by atoms with van der Waals surface area (Å²) in [6.45, 7) is 9.23. The van der Waals surface area contributed by atoms with E-state index in [-0.39, 0.29) is 24.0 Å². The van der Waals surface area contributed by atoms with Gasteiger partial charge in [-0.25, -0.2) is 0 Å². The summed E-state index contributed by atoms with van der Waals surface area (Å²) in [6.07, 6.45) is 4.09. The highest BCUT2D eigenvalue weighted by atomic mass is 127. The van der Waals surface area contributed by atoms with Gasteiger partial charge in [-0.3, -0.25) is 4.99 Å². The lowest BCUT2D eigenvalue weighted by Crippen LogP contribution is -2.40. The molecule has 0 heterocycles. The van der Waals surface area contributed by atoms with Crippen LogP contribution in [0, 0.1) is 11.8 Å². The molecule has 0 saturated heterocycles. The fourth-order valence-electron chi connectivity index (χ4n) is 1.94. The van der Waals surface area contributed by atoms with Crippen molar-refractivity contribution in [2.75, 3.05) is 26.7 Å². The summed E-state index contributed by atoms with van der Waals surface area (Å²) >= 11 is 0. The molecule has 0 radical (unpaired) electrons. The molecule has 1 aliphatic carbocycles. The standard InChI is InChI=1S/C14H29N3O.HI/c1-5-18-13(11(2)3)8-9-16-14(15-4)17-10-12-6-7-12;/h11-13H,5-10H2,1-4H3,(H2,15,16,17);1H. The Morgan fingerprint density at radius 3 is 2.47 bits per heavy atom. The number of hydrogen-bond acceptors (Lipinski definition) is 2. The van der Waals surface area contributed by atoms with E-state index in [9.17, 15) is 0 Å². The number of halogens is 1. The molecule has 1 fully saturated rings. The second-order valence-corrected chi connectivity index (χ2v) is 5.35. The molecule has 114 valence electrons. The third-order valence-electron chi connectivity index (χ3n) is 3.32. The van der Waals surface area contributed by atoms with Crippen molar-refractivity contribution in [2.24, 2.45) is 16.8 Å². The minimum atomic E-state index is 0. The molecular weight excluding hydrogens is 353 g/mol. The van der Waals surface area contributed by atoms with Crippen LogP contribution in [0.2, 0.25) is 0 Å². The fourth-order valence-corrected chi connectivity index (χ4v) is 1.94. The summed E-state index contributed by atoms with van der Waals surface area (Å²) in [6, 6.07) is 0. The zero-order valence-electron chi connectivity index (χ0n) is 12.7. The van der Waals surface area contributed by atoms with E-state index in [0.717, 1.165) is 38.0 Å². The molecule has 0 aromatic carbocycles. The van der Waals surface area contributed by atoms with E-state index in [2.05, 4.69) is 36.4 Å². The molecule has 2 N–H and O–H groups in total. The van der Waals surface area contributed by atoms with E-state index >= 15 is 0 Å². The number of rotatable bonds is 8. The fraction of sp³-hybridized carbons (Fsp3) is 0.929. The van der Waals surface area contributed by atoms with Crippen molar-refractivity contribution in [3.63, 3.8) is 0 Å². The minimum Gasteiger partial charge on any atom is -0.378 e. The molecule has 1 atom stereocenters. The molecule has 0 spiro atoms. The van der Waals surface area contributed by atoms with E-state index in [1.54, 1.807) is 0 Å². The number of ether oxygens (including phenoxy) is 1. The molecule has 1 saturated carbocycles. The predicted molar refractivity (Wildman–Crippen MR) is 92.4 cm³/mol. The van der Waals surface area contributed by atoms with Crippen LogP contribution in [0.1, 0.15) is 40.0 Å². The third-order valence-corrected chi connectivity index (χ3v) is 3.32. The molecule has 0 aliphatic heterocycles. The monoisotopic (exact) mass is 383 g/mol. The van der Waals surface area contributed by atoms with Crippen molar-refractivity contribution in [2.45, 2.75) is 46.1 Å². The van der Waals surface area contributed by atoms with Crippen LogP contribution in [-0.2, 0) is 4.74 Å². The van der Waals surface area contributed by atoms with Crippen LogP contribution in [-0.4, -0.2) is 38.8 Å². The molecule has 0 bridgehead atoms. The van der Waals surface area contributed by atoms with E-state index in [1.165, 1.54) is 12.8 Å². The first-order valence-corrected chi connectivity index (χ1v) is 7.23. The molecule has 1 unspecified atom stereocenters. The smallest absolute Gasteiger partial charge is 0.190 e. The van der Waals surface area contributed by atoms with Crippen LogP contribution >= 0.6 is 24.0 Å². The van der Waals surface area contributed by atoms with E-state index in [4.69, 9.17) is 4.74 Å². The van der Waals surface area contributed by atoms with Crippen molar-refractivity contribution in [1.82, 2.24) is 10.6 Å². The van der Waals surface area contributed by atoms with E-state index in [0.29, 0.717) is 12.0 Å². The van der Waals surface area contributed by atoms with Crippen molar-refractivity contribution < 1.29 is 4.74 Å². The van der Waals surface area contributed by atoms with Gasteiger partial charge in [0, 0.05) is 26.7 Å². The summed E-state index contributed by atoms with van der Waals surface area (Å²) in [7, 11) is 1.82. The van der Waals surface area contributed by atoms with Gasteiger partial charge in [0.1, 0.15) is 0 Å². The Hall–Kier alpha value is -0.0400. The SMILES string of the molecule is CCOC(CCNC(=NC)NCC1CC1)C(C)C.I. The van der Waals surface area contributed by atoms with Gasteiger partial charge in [-0.15, -0.1) is 24.0 Å². The van der Waals surface area contributed by atoms with Gasteiger partial charge in [0.2, 0.25) is 0 Å². The van der Waals surface area contributed by atoms with Gasteiger partial charge < -0.3 is 15.4 Å². The Morgan fingerprint density at radius 2 is 2.00 bits per heavy atom. The third kappa shape index (κ3) is 8.68. The average molecular weight is 383 g/mol. The number of nitrogens with one attached hydrogen (secondary N) is 2. The van der Waals surface area contributed by atoms with Crippen molar-refractivity contribution in [3.05, 3.63) is 0 Å². The summed E-state index contributed by atoms with van der Waals surface area (Å²) in [5.74, 6) is 2.35. The number of guanidine groups is 1. The van der Waals surface area contributed by atoms with E-state index in [1.807, 2.05) is 7.05 Å². The van der Waals surface area contributed by atoms with E-state index < -0.39 is 0 Å². The Bertz CT molecular complexity index is 255. The lowest BCUT2D eigenvalue weighted by Gasteiger charge is -2.21.